The zero-order valence-corrected chi connectivity index (χ0v) is 18.6. The Morgan fingerprint density at radius 3 is 2.23 bits per heavy atom. The molecule has 2 amide bonds. The quantitative estimate of drug-likeness (QED) is 0.558. The third-order valence-electron chi connectivity index (χ3n) is 5.64. The van der Waals surface area contributed by atoms with Crippen molar-refractivity contribution in [2.75, 3.05) is 5.75 Å². The van der Waals surface area contributed by atoms with E-state index in [0.717, 1.165) is 29.9 Å². The molecule has 3 rings (SSSR count). The summed E-state index contributed by atoms with van der Waals surface area (Å²) in [5.74, 6) is 1.64. The van der Waals surface area contributed by atoms with Gasteiger partial charge in [0.15, 0.2) is 0 Å². The van der Waals surface area contributed by atoms with Crippen molar-refractivity contribution >= 4 is 23.6 Å². The fourth-order valence-corrected chi connectivity index (χ4v) is 4.71. The van der Waals surface area contributed by atoms with Crippen molar-refractivity contribution in [1.82, 2.24) is 10.2 Å². The summed E-state index contributed by atoms with van der Waals surface area (Å²) in [4.78, 5) is 27.7. The Morgan fingerprint density at radius 1 is 1.00 bits per heavy atom. The number of thioether (sulfide) groups is 1. The highest BCUT2D eigenvalue weighted by molar-refractivity contribution is 7.98. The van der Waals surface area contributed by atoms with Crippen molar-refractivity contribution in [2.24, 2.45) is 0 Å². The normalized spacial score (nSPS) is 15.0. The van der Waals surface area contributed by atoms with Crippen LogP contribution in [0, 0.1) is 0 Å². The maximum atomic E-state index is 13.1. The van der Waals surface area contributed by atoms with E-state index in [1.165, 1.54) is 18.4 Å². The number of nitrogens with zero attached hydrogens (tertiary/aromatic N) is 1. The average molecular weight is 425 g/mol. The Balaban J connectivity index is 1.57. The highest BCUT2D eigenvalue weighted by atomic mass is 32.2. The van der Waals surface area contributed by atoms with Crippen molar-refractivity contribution < 1.29 is 9.59 Å². The lowest BCUT2D eigenvalue weighted by molar-refractivity contribution is -0.140. The van der Waals surface area contributed by atoms with Gasteiger partial charge in [0, 0.05) is 30.5 Å². The van der Waals surface area contributed by atoms with Crippen molar-refractivity contribution in [2.45, 2.75) is 63.4 Å². The van der Waals surface area contributed by atoms with E-state index in [9.17, 15) is 9.59 Å². The molecule has 0 unspecified atom stereocenters. The minimum atomic E-state index is -0.475. The van der Waals surface area contributed by atoms with Crippen LogP contribution in [-0.4, -0.2) is 34.6 Å². The van der Waals surface area contributed by atoms with Gasteiger partial charge in [0.1, 0.15) is 6.04 Å². The van der Waals surface area contributed by atoms with Crippen molar-refractivity contribution in [3.63, 3.8) is 0 Å². The van der Waals surface area contributed by atoms with E-state index in [2.05, 4.69) is 17.4 Å². The number of hydrogen-bond acceptors (Lipinski definition) is 3. The summed E-state index contributed by atoms with van der Waals surface area (Å²) in [6.07, 6.45) is 4.86. The topological polar surface area (TPSA) is 49.4 Å². The van der Waals surface area contributed by atoms with Gasteiger partial charge in [-0.05, 0) is 30.9 Å². The Kier molecular flexibility index (Phi) is 8.81. The van der Waals surface area contributed by atoms with Gasteiger partial charge in [-0.25, -0.2) is 0 Å². The standard InChI is InChI=1S/C25H32N2O2S/c1-20(25(29)26-23-14-8-9-15-23)27(18-21-10-4-2-5-11-21)24(28)16-17-30-19-22-12-6-3-7-13-22/h2-7,10-13,20,23H,8-9,14-19H2,1H3,(H,26,29)/t20-/m0/s1. The van der Waals surface area contributed by atoms with E-state index in [0.29, 0.717) is 13.0 Å². The molecule has 1 N–H and O–H groups in total. The Hall–Kier alpha value is -2.27. The third-order valence-corrected chi connectivity index (χ3v) is 6.67. The van der Waals surface area contributed by atoms with Gasteiger partial charge < -0.3 is 10.2 Å². The van der Waals surface area contributed by atoms with Crippen LogP contribution in [0.4, 0.5) is 0 Å². The second-order valence-corrected chi connectivity index (χ2v) is 9.07. The molecule has 2 aromatic carbocycles. The summed E-state index contributed by atoms with van der Waals surface area (Å²) >= 11 is 1.76. The molecule has 1 atom stereocenters. The summed E-state index contributed by atoms with van der Waals surface area (Å²) in [5.41, 5.74) is 2.31. The summed E-state index contributed by atoms with van der Waals surface area (Å²) < 4.78 is 0. The Bertz CT molecular complexity index is 791. The van der Waals surface area contributed by atoms with Crippen LogP contribution >= 0.6 is 11.8 Å². The zero-order valence-electron chi connectivity index (χ0n) is 17.8. The van der Waals surface area contributed by atoms with Gasteiger partial charge in [0.05, 0.1) is 0 Å². The number of hydrogen-bond donors (Lipinski definition) is 1. The Labute approximate surface area is 184 Å². The first-order valence-electron chi connectivity index (χ1n) is 10.9. The first-order chi connectivity index (χ1) is 14.6. The lowest BCUT2D eigenvalue weighted by Gasteiger charge is -2.29. The average Bonchev–Trinajstić information content (AvgIpc) is 3.29. The van der Waals surface area contributed by atoms with Crippen LogP contribution in [0.5, 0.6) is 0 Å². The SMILES string of the molecule is C[C@@H](C(=O)NC1CCCC1)N(Cc1ccccc1)C(=O)CCSCc1ccccc1. The molecule has 0 spiro atoms. The number of nitrogens with one attached hydrogen (secondary N) is 1. The van der Waals surface area contributed by atoms with Gasteiger partial charge in [-0.15, -0.1) is 0 Å². The molecule has 0 bridgehead atoms. The van der Waals surface area contributed by atoms with Gasteiger partial charge >= 0.3 is 0 Å². The number of carbonyl (C=O) groups is 2. The molecule has 2 aromatic rings. The van der Waals surface area contributed by atoms with Crippen LogP contribution in [0.15, 0.2) is 60.7 Å². The number of rotatable bonds is 10. The van der Waals surface area contributed by atoms with Crippen LogP contribution in [0.1, 0.15) is 50.2 Å². The van der Waals surface area contributed by atoms with E-state index in [-0.39, 0.29) is 17.9 Å². The van der Waals surface area contributed by atoms with Crippen molar-refractivity contribution in [3.05, 3.63) is 71.8 Å². The van der Waals surface area contributed by atoms with E-state index < -0.39 is 6.04 Å². The Morgan fingerprint density at radius 2 is 1.60 bits per heavy atom. The monoisotopic (exact) mass is 424 g/mol. The molecule has 0 radical (unpaired) electrons. The van der Waals surface area contributed by atoms with Crippen molar-refractivity contribution in [1.29, 1.82) is 0 Å². The molecule has 30 heavy (non-hydrogen) atoms. The number of benzene rings is 2. The van der Waals surface area contributed by atoms with Gasteiger partial charge in [-0.2, -0.15) is 11.8 Å². The van der Waals surface area contributed by atoms with E-state index in [1.54, 1.807) is 16.7 Å². The van der Waals surface area contributed by atoms with Gasteiger partial charge in [-0.3, -0.25) is 9.59 Å². The lowest BCUT2D eigenvalue weighted by Crippen LogP contribution is -2.49. The molecule has 0 aromatic heterocycles. The van der Waals surface area contributed by atoms with Crippen LogP contribution < -0.4 is 5.32 Å². The van der Waals surface area contributed by atoms with Crippen LogP contribution in [0.25, 0.3) is 0 Å². The molecule has 1 aliphatic carbocycles. The summed E-state index contributed by atoms with van der Waals surface area (Å²) in [7, 11) is 0. The molecule has 0 saturated heterocycles. The van der Waals surface area contributed by atoms with Gasteiger partial charge in [0.2, 0.25) is 11.8 Å². The molecule has 1 fully saturated rings. The van der Waals surface area contributed by atoms with E-state index >= 15 is 0 Å². The fraction of sp³-hybridized carbons (Fsp3) is 0.440. The second-order valence-electron chi connectivity index (χ2n) is 7.96. The lowest BCUT2D eigenvalue weighted by atomic mass is 10.1. The van der Waals surface area contributed by atoms with Gasteiger partial charge in [0.25, 0.3) is 0 Å². The summed E-state index contributed by atoms with van der Waals surface area (Å²) in [6, 6.07) is 20.0. The molecule has 0 heterocycles. The first-order valence-corrected chi connectivity index (χ1v) is 12.0. The van der Waals surface area contributed by atoms with E-state index in [1.807, 2.05) is 55.5 Å². The summed E-state index contributed by atoms with van der Waals surface area (Å²) in [6.45, 7) is 2.31. The predicted molar refractivity (Wildman–Crippen MR) is 124 cm³/mol. The zero-order chi connectivity index (χ0) is 21.2. The van der Waals surface area contributed by atoms with Gasteiger partial charge in [-0.1, -0.05) is 73.5 Å². The van der Waals surface area contributed by atoms with Crippen molar-refractivity contribution in [3.8, 4) is 0 Å². The molecule has 1 saturated carbocycles. The molecule has 0 aliphatic heterocycles. The van der Waals surface area contributed by atoms with Crippen LogP contribution in [0.2, 0.25) is 0 Å². The minimum absolute atomic E-state index is 0.0356. The fourth-order valence-electron chi connectivity index (χ4n) is 3.82. The molecular weight excluding hydrogens is 392 g/mol. The summed E-state index contributed by atoms with van der Waals surface area (Å²) in [5, 5.41) is 3.15. The molecule has 5 heteroatoms. The maximum absolute atomic E-state index is 13.1. The highest BCUT2D eigenvalue weighted by Crippen LogP contribution is 2.19. The van der Waals surface area contributed by atoms with Crippen LogP contribution in [-0.2, 0) is 21.9 Å². The number of amides is 2. The maximum Gasteiger partial charge on any atom is 0.242 e. The smallest absolute Gasteiger partial charge is 0.242 e. The van der Waals surface area contributed by atoms with Crippen LogP contribution in [0.3, 0.4) is 0 Å². The highest BCUT2D eigenvalue weighted by Gasteiger charge is 2.28. The predicted octanol–water partition coefficient (Wildman–Crippen LogP) is 4.79. The largest absolute Gasteiger partial charge is 0.352 e. The molecule has 4 nitrogen and oxygen atoms in total. The third kappa shape index (κ3) is 6.91. The molecule has 160 valence electrons. The molecule has 1 aliphatic rings. The minimum Gasteiger partial charge on any atom is -0.352 e. The van der Waals surface area contributed by atoms with E-state index in [4.69, 9.17) is 0 Å². The molecular formula is C25H32N2O2S. The first kappa shape index (κ1) is 22.4. The number of carbonyl (C=O) groups excluding carboxylic acids is 2. The second kappa shape index (κ2) is 11.8.